The van der Waals surface area contributed by atoms with Gasteiger partial charge in [0.05, 0.1) is 6.04 Å². The lowest BCUT2D eigenvalue weighted by molar-refractivity contribution is 0.255. The Hall–Kier alpha value is -1.51. The summed E-state index contributed by atoms with van der Waals surface area (Å²) < 4.78 is 0. The third-order valence-electron chi connectivity index (χ3n) is 6.27. The van der Waals surface area contributed by atoms with Crippen LogP contribution in [0, 0.1) is 11.8 Å². The van der Waals surface area contributed by atoms with Crippen molar-refractivity contribution in [3.05, 3.63) is 35.4 Å². The van der Waals surface area contributed by atoms with Gasteiger partial charge in [-0.1, -0.05) is 50.5 Å². The maximum absolute atomic E-state index is 5.50. The summed E-state index contributed by atoms with van der Waals surface area (Å²) in [6.45, 7) is 2.44. The summed E-state index contributed by atoms with van der Waals surface area (Å²) in [5.41, 5.74) is 14.0. The molecule has 2 aliphatic rings. The molecule has 132 valence electrons. The monoisotopic (exact) mass is 327 g/mol. The van der Waals surface area contributed by atoms with Crippen LogP contribution in [-0.2, 0) is 6.42 Å². The van der Waals surface area contributed by atoms with E-state index in [1.165, 1.54) is 56.1 Å². The summed E-state index contributed by atoms with van der Waals surface area (Å²) in [6, 6.07) is 9.82. The van der Waals surface area contributed by atoms with Crippen LogP contribution in [0.3, 0.4) is 0 Å². The van der Waals surface area contributed by atoms with Gasteiger partial charge in [0, 0.05) is 0 Å². The maximum Gasteiger partial charge on any atom is 0.186 e. The second-order valence-electron chi connectivity index (χ2n) is 8.03. The Labute approximate surface area is 146 Å². The van der Waals surface area contributed by atoms with Gasteiger partial charge < -0.3 is 11.5 Å². The molecule has 3 heteroatoms. The summed E-state index contributed by atoms with van der Waals surface area (Å²) in [5, 5.41) is 0. The zero-order chi connectivity index (χ0) is 16.9. The minimum absolute atomic E-state index is 0.236. The summed E-state index contributed by atoms with van der Waals surface area (Å²) in [6.07, 6.45) is 11.5. The third-order valence-corrected chi connectivity index (χ3v) is 6.27. The number of hydrogen-bond donors (Lipinski definition) is 2. The average molecular weight is 328 g/mol. The van der Waals surface area contributed by atoms with Crippen molar-refractivity contribution in [2.24, 2.45) is 28.3 Å². The zero-order valence-electron chi connectivity index (χ0n) is 15.1. The highest BCUT2D eigenvalue weighted by atomic mass is 15.0. The Kier molecular flexibility index (Phi) is 5.80. The Morgan fingerprint density at radius 2 is 1.62 bits per heavy atom. The second-order valence-corrected chi connectivity index (χ2v) is 8.03. The molecule has 3 nitrogen and oxygen atoms in total. The normalized spacial score (nSPS) is 30.7. The molecule has 2 fully saturated rings. The molecule has 2 saturated carbocycles. The molecule has 1 aromatic rings. The van der Waals surface area contributed by atoms with E-state index in [0.717, 1.165) is 24.7 Å². The minimum Gasteiger partial charge on any atom is -0.370 e. The summed E-state index contributed by atoms with van der Waals surface area (Å²) in [5.74, 6) is 2.70. The fraction of sp³-hybridized carbons (Fsp3) is 0.667. The SMILES string of the molecule is CC1CCCCC1Cc1ccc(C2CCC(N=C(N)N)CC2)cc1. The first kappa shape index (κ1) is 17.3. The van der Waals surface area contributed by atoms with Crippen molar-refractivity contribution >= 4 is 5.96 Å². The van der Waals surface area contributed by atoms with E-state index < -0.39 is 0 Å². The molecule has 0 amide bonds. The van der Waals surface area contributed by atoms with Crippen LogP contribution in [0.4, 0.5) is 0 Å². The lowest BCUT2D eigenvalue weighted by Gasteiger charge is -2.29. The van der Waals surface area contributed by atoms with Gasteiger partial charge in [0.25, 0.3) is 0 Å². The summed E-state index contributed by atoms with van der Waals surface area (Å²) in [7, 11) is 0. The van der Waals surface area contributed by atoms with Gasteiger partial charge in [-0.05, 0) is 67.4 Å². The third kappa shape index (κ3) is 4.52. The molecule has 2 atom stereocenters. The van der Waals surface area contributed by atoms with E-state index in [1.54, 1.807) is 0 Å². The van der Waals surface area contributed by atoms with Crippen LogP contribution in [0.5, 0.6) is 0 Å². The van der Waals surface area contributed by atoms with Crippen LogP contribution in [-0.4, -0.2) is 12.0 Å². The quantitative estimate of drug-likeness (QED) is 0.637. The summed E-state index contributed by atoms with van der Waals surface area (Å²) >= 11 is 0. The molecule has 0 saturated heterocycles. The van der Waals surface area contributed by atoms with E-state index >= 15 is 0 Å². The lowest BCUT2D eigenvalue weighted by atomic mass is 9.77. The van der Waals surface area contributed by atoms with Crippen molar-refractivity contribution in [1.29, 1.82) is 0 Å². The maximum atomic E-state index is 5.50. The second kappa shape index (κ2) is 8.04. The highest BCUT2D eigenvalue weighted by Gasteiger charge is 2.23. The molecule has 4 N–H and O–H groups in total. The molecule has 0 spiro atoms. The van der Waals surface area contributed by atoms with Crippen LogP contribution in [0.15, 0.2) is 29.3 Å². The molecular weight excluding hydrogens is 294 g/mol. The largest absolute Gasteiger partial charge is 0.370 e. The lowest BCUT2D eigenvalue weighted by Crippen LogP contribution is -2.27. The highest BCUT2D eigenvalue weighted by Crippen LogP contribution is 2.35. The molecule has 0 bridgehead atoms. The van der Waals surface area contributed by atoms with Gasteiger partial charge >= 0.3 is 0 Å². The Balaban J connectivity index is 1.54. The van der Waals surface area contributed by atoms with Crippen molar-refractivity contribution in [3.8, 4) is 0 Å². The van der Waals surface area contributed by atoms with E-state index in [1.807, 2.05) is 0 Å². The van der Waals surface area contributed by atoms with Crippen molar-refractivity contribution in [2.45, 2.75) is 76.7 Å². The first-order valence-corrected chi connectivity index (χ1v) is 9.79. The fourth-order valence-electron chi connectivity index (χ4n) is 4.67. The molecule has 0 radical (unpaired) electrons. The van der Waals surface area contributed by atoms with E-state index in [9.17, 15) is 0 Å². The van der Waals surface area contributed by atoms with Gasteiger partial charge in [0.2, 0.25) is 0 Å². The van der Waals surface area contributed by atoms with E-state index in [4.69, 9.17) is 11.5 Å². The van der Waals surface area contributed by atoms with Crippen LogP contribution in [0.1, 0.15) is 75.3 Å². The van der Waals surface area contributed by atoms with Gasteiger partial charge in [0.1, 0.15) is 0 Å². The fourth-order valence-corrected chi connectivity index (χ4v) is 4.67. The minimum atomic E-state index is 0.236. The number of hydrogen-bond acceptors (Lipinski definition) is 1. The predicted octanol–water partition coefficient (Wildman–Crippen LogP) is 4.36. The van der Waals surface area contributed by atoms with Crippen molar-refractivity contribution in [3.63, 3.8) is 0 Å². The number of nitrogens with two attached hydrogens (primary N) is 2. The van der Waals surface area contributed by atoms with Crippen LogP contribution >= 0.6 is 0 Å². The zero-order valence-corrected chi connectivity index (χ0v) is 15.1. The molecule has 2 unspecified atom stereocenters. The van der Waals surface area contributed by atoms with Crippen molar-refractivity contribution < 1.29 is 0 Å². The first-order chi connectivity index (χ1) is 11.6. The number of benzene rings is 1. The molecule has 0 heterocycles. The number of aliphatic imine (C=N–C) groups is 1. The van der Waals surface area contributed by atoms with E-state index in [-0.39, 0.29) is 5.96 Å². The number of nitrogens with zero attached hydrogens (tertiary/aromatic N) is 1. The molecule has 0 aliphatic heterocycles. The van der Waals surface area contributed by atoms with Gasteiger partial charge in [-0.15, -0.1) is 0 Å². The molecule has 24 heavy (non-hydrogen) atoms. The van der Waals surface area contributed by atoms with E-state index in [0.29, 0.717) is 12.0 Å². The Morgan fingerprint density at radius 1 is 0.958 bits per heavy atom. The van der Waals surface area contributed by atoms with Crippen molar-refractivity contribution in [1.82, 2.24) is 0 Å². The van der Waals surface area contributed by atoms with Crippen LogP contribution < -0.4 is 11.5 Å². The molecule has 1 aromatic carbocycles. The molecule has 0 aromatic heterocycles. The van der Waals surface area contributed by atoms with Gasteiger partial charge in [-0.2, -0.15) is 0 Å². The van der Waals surface area contributed by atoms with Crippen LogP contribution in [0.25, 0.3) is 0 Å². The van der Waals surface area contributed by atoms with Gasteiger partial charge in [-0.3, -0.25) is 4.99 Å². The number of guanidine groups is 1. The molecule has 2 aliphatic carbocycles. The Bertz CT molecular complexity index is 537. The smallest absolute Gasteiger partial charge is 0.186 e. The average Bonchev–Trinajstić information content (AvgIpc) is 2.58. The molecular formula is C21H33N3. The molecule has 3 rings (SSSR count). The van der Waals surface area contributed by atoms with Crippen molar-refractivity contribution in [2.75, 3.05) is 0 Å². The first-order valence-electron chi connectivity index (χ1n) is 9.79. The topological polar surface area (TPSA) is 64.4 Å². The van der Waals surface area contributed by atoms with Gasteiger partial charge in [-0.25, -0.2) is 0 Å². The Morgan fingerprint density at radius 3 is 2.25 bits per heavy atom. The van der Waals surface area contributed by atoms with E-state index in [2.05, 4.69) is 36.2 Å². The standard InChI is InChI=1S/C21H33N3/c1-15-4-2-3-5-19(15)14-16-6-8-17(9-7-16)18-10-12-20(13-11-18)24-21(22)23/h6-9,15,18-20H,2-5,10-14H2,1H3,(H4,22,23,24). The van der Waals surface area contributed by atoms with Gasteiger partial charge in [0.15, 0.2) is 5.96 Å². The van der Waals surface area contributed by atoms with Crippen LogP contribution in [0.2, 0.25) is 0 Å². The number of rotatable bonds is 4. The summed E-state index contributed by atoms with van der Waals surface area (Å²) in [4.78, 5) is 4.32. The highest BCUT2D eigenvalue weighted by molar-refractivity contribution is 5.75. The predicted molar refractivity (Wildman–Crippen MR) is 102 cm³/mol.